The molecule has 0 bridgehead atoms. The maximum absolute atomic E-state index is 12.5. The molecule has 0 saturated carbocycles. The van der Waals surface area contributed by atoms with E-state index >= 15 is 0 Å². The van der Waals surface area contributed by atoms with Crippen molar-refractivity contribution in [3.8, 4) is 0 Å². The highest BCUT2D eigenvalue weighted by Gasteiger charge is 2.35. The average Bonchev–Trinajstić information content (AvgIpc) is 2.61. The highest BCUT2D eigenvalue weighted by atomic mass is 16.2. The van der Waals surface area contributed by atoms with E-state index in [1.165, 1.54) is 11.1 Å². The molecule has 0 spiro atoms. The van der Waals surface area contributed by atoms with Crippen LogP contribution < -0.4 is 4.90 Å². The van der Waals surface area contributed by atoms with Crippen molar-refractivity contribution in [2.75, 3.05) is 11.9 Å². The number of carbonyl (C=O) groups is 1. The first-order valence-corrected chi connectivity index (χ1v) is 6.52. The Kier molecular flexibility index (Phi) is 2.67. The van der Waals surface area contributed by atoms with Gasteiger partial charge in [0.25, 0.3) is 0 Å². The number of carbonyl (C=O) groups excluding carboxylic acids is 1. The Bertz CT molecular complexity index is 640. The molecule has 1 unspecified atom stereocenters. The first-order chi connectivity index (χ1) is 9.08. The maximum Gasteiger partial charge on any atom is 0.238 e. The van der Waals surface area contributed by atoms with Crippen LogP contribution in [0, 0.1) is 13.8 Å². The molecule has 1 atom stereocenters. The number of likely N-dealkylation sites (N-methyl/N-ethyl adjacent to an activating group) is 1. The van der Waals surface area contributed by atoms with Gasteiger partial charge in [0, 0.05) is 12.7 Å². The summed E-state index contributed by atoms with van der Waals surface area (Å²) in [6.45, 7) is 4.15. The lowest BCUT2D eigenvalue weighted by Gasteiger charge is -2.13. The van der Waals surface area contributed by atoms with Gasteiger partial charge in [-0.05, 0) is 31.0 Å². The lowest BCUT2D eigenvalue weighted by atomic mass is 9.90. The van der Waals surface area contributed by atoms with Crippen molar-refractivity contribution in [2.24, 2.45) is 0 Å². The van der Waals surface area contributed by atoms with Gasteiger partial charge >= 0.3 is 0 Å². The van der Waals surface area contributed by atoms with Crippen LogP contribution in [0.3, 0.4) is 0 Å². The zero-order valence-electron chi connectivity index (χ0n) is 11.5. The smallest absolute Gasteiger partial charge is 0.238 e. The van der Waals surface area contributed by atoms with Crippen molar-refractivity contribution in [1.82, 2.24) is 0 Å². The van der Waals surface area contributed by atoms with E-state index in [2.05, 4.69) is 38.1 Å². The van der Waals surface area contributed by atoms with Crippen LogP contribution in [0.2, 0.25) is 0 Å². The summed E-state index contributed by atoms with van der Waals surface area (Å²) in [5.74, 6) is 0.00556. The fourth-order valence-corrected chi connectivity index (χ4v) is 2.98. The van der Waals surface area contributed by atoms with Gasteiger partial charge in [0.2, 0.25) is 5.91 Å². The molecule has 1 aliphatic heterocycles. The van der Waals surface area contributed by atoms with Crippen molar-refractivity contribution in [1.29, 1.82) is 0 Å². The van der Waals surface area contributed by atoms with E-state index in [0.717, 1.165) is 16.8 Å². The van der Waals surface area contributed by atoms with E-state index in [4.69, 9.17) is 0 Å². The third-order valence-corrected chi connectivity index (χ3v) is 3.76. The molecular weight excluding hydrogens is 234 g/mol. The van der Waals surface area contributed by atoms with Crippen LogP contribution in [0.15, 0.2) is 42.5 Å². The maximum atomic E-state index is 12.5. The molecule has 1 heterocycles. The van der Waals surface area contributed by atoms with Gasteiger partial charge in [-0.15, -0.1) is 0 Å². The molecule has 0 saturated heterocycles. The molecule has 3 rings (SSSR count). The number of anilines is 1. The van der Waals surface area contributed by atoms with E-state index in [1.54, 1.807) is 4.90 Å². The molecule has 19 heavy (non-hydrogen) atoms. The number of amides is 1. The van der Waals surface area contributed by atoms with Gasteiger partial charge in [-0.25, -0.2) is 0 Å². The van der Waals surface area contributed by atoms with Crippen molar-refractivity contribution in [2.45, 2.75) is 19.8 Å². The summed E-state index contributed by atoms with van der Waals surface area (Å²) >= 11 is 0. The van der Waals surface area contributed by atoms with E-state index in [-0.39, 0.29) is 11.8 Å². The highest BCUT2D eigenvalue weighted by molar-refractivity contribution is 6.06. The minimum Gasteiger partial charge on any atom is -0.314 e. The summed E-state index contributed by atoms with van der Waals surface area (Å²) in [6.07, 6.45) is 0. The summed E-state index contributed by atoms with van der Waals surface area (Å²) in [4.78, 5) is 14.3. The number of hydrogen-bond donors (Lipinski definition) is 0. The lowest BCUT2D eigenvalue weighted by Crippen LogP contribution is -2.24. The zero-order valence-corrected chi connectivity index (χ0v) is 11.5. The largest absolute Gasteiger partial charge is 0.314 e. The monoisotopic (exact) mass is 251 g/mol. The number of nitrogens with zero attached hydrogens (tertiary/aromatic N) is 1. The van der Waals surface area contributed by atoms with Crippen LogP contribution in [-0.2, 0) is 4.79 Å². The standard InChI is InChI=1S/C17H17NO/c1-11-8-12(2)10-13(9-11)16-14-6-4-5-7-15(14)18(3)17(16)19/h4-10,16H,1-3H3. The number of rotatable bonds is 1. The van der Waals surface area contributed by atoms with E-state index in [0.29, 0.717) is 0 Å². The lowest BCUT2D eigenvalue weighted by molar-refractivity contribution is -0.118. The van der Waals surface area contributed by atoms with Crippen LogP contribution in [-0.4, -0.2) is 13.0 Å². The highest BCUT2D eigenvalue weighted by Crippen LogP contribution is 2.40. The molecule has 2 aromatic carbocycles. The molecule has 1 amide bonds. The van der Waals surface area contributed by atoms with Crippen molar-refractivity contribution in [3.05, 3.63) is 64.7 Å². The SMILES string of the molecule is Cc1cc(C)cc(C2C(=O)N(C)c3ccccc32)c1. The predicted molar refractivity (Wildman–Crippen MR) is 77.6 cm³/mol. The summed E-state index contributed by atoms with van der Waals surface area (Å²) in [5, 5.41) is 0. The number of fused-ring (bicyclic) bond motifs is 1. The first kappa shape index (κ1) is 12.0. The van der Waals surface area contributed by atoms with E-state index < -0.39 is 0 Å². The number of benzene rings is 2. The Morgan fingerprint density at radius 2 is 1.63 bits per heavy atom. The van der Waals surface area contributed by atoms with Crippen LogP contribution in [0.1, 0.15) is 28.2 Å². The molecule has 0 fully saturated rings. The van der Waals surface area contributed by atoms with Gasteiger partial charge in [-0.2, -0.15) is 0 Å². The van der Waals surface area contributed by atoms with Crippen LogP contribution in [0.5, 0.6) is 0 Å². The topological polar surface area (TPSA) is 20.3 Å². The second-order valence-corrected chi connectivity index (χ2v) is 5.31. The molecule has 0 aliphatic carbocycles. The van der Waals surface area contributed by atoms with Gasteiger partial charge in [0.05, 0.1) is 5.92 Å². The van der Waals surface area contributed by atoms with Crippen molar-refractivity contribution < 1.29 is 4.79 Å². The molecule has 2 heteroatoms. The van der Waals surface area contributed by atoms with Gasteiger partial charge < -0.3 is 4.90 Å². The van der Waals surface area contributed by atoms with Crippen molar-refractivity contribution in [3.63, 3.8) is 0 Å². The van der Waals surface area contributed by atoms with E-state index in [9.17, 15) is 4.79 Å². The van der Waals surface area contributed by atoms with Crippen LogP contribution in [0.25, 0.3) is 0 Å². The third kappa shape index (κ3) is 1.84. The molecule has 2 nitrogen and oxygen atoms in total. The summed E-state index contributed by atoms with van der Waals surface area (Å²) in [5.41, 5.74) is 5.64. The molecule has 96 valence electrons. The minimum atomic E-state index is -0.153. The molecule has 0 aromatic heterocycles. The fraction of sp³-hybridized carbons (Fsp3) is 0.235. The predicted octanol–water partition coefficient (Wildman–Crippen LogP) is 3.41. The van der Waals surface area contributed by atoms with Crippen LogP contribution in [0.4, 0.5) is 5.69 Å². The fourth-order valence-electron chi connectivity index (χ4n) is 2.98. The van der Waals surface area contributed by atoms with E-state index in [1.807, 2.05) is 25.2 Å². The quantitative estimate of drug-likeness (QED) is 0.760. The Morgan fingerprint density at radius 1 is 1.00 bits per heavy atom. The number of aryl methyl sites for hydroxylation is 2. The Labute approximate surface area is 113 Å². The normalized spacial score (nSPS) is 17.7. The molecular formula is C17H17NO. The second kappa shape index (κ2) is 4.23. The van der Waals surface area contributed by atoms with Gasteiger partial charge in [0.15, 0.2) is 0 Å². The third-order valence-electron chi connectivity index (χ3n) is 3.76. The summed E-state index contributed by atoms with van der Waals surface area (Å²) in [6, 6.07) is 14.4. The Hall–Kier alpha value is -2.09. The Morgan fingerprint density at radius 3 is 2.32 bits per heavy atom. The second-order valence-electron chi connectivity index (χ2n) is 5.31. The average molecular weight is 251 g/mol. The minimum absolute atomic E-state index is 0.153. The number of para-hydroxylation sites is 1. The van der Waals surface area contributed by atoms with Gasteiger partial charge in [0.1, 0.15) is 0 Å². The summed E-state index contributed by atoms with van der Waals surface area (Å²) < 4.78 is 0. The van der Waals surface area contributed by atoms with Crippen LogP contribution >= 0.6 is 0 Å². The van der Waals surface area contributed by atoms with Crippen molar-refractivity contribution >= 4 is 11.6 Å². The molecule has 0 N–H and O–H groups in total. The Balaban J connectivity index is 2.18. The first-order valence-electron chi connectivity index (χ1n) is 6.52. The molecule has 0 radical (unpaired) electrons. The van der Waals surface area contributed by atoms with Gasteiger partial charge in [-0.3, -0.25) is 4.79 Å². The zero-order chi connectivity index (χ0) is 13.6. The number of hydrogen-bond acceptors (Lipinski definition) is 1. The molecule has 1 aliphatic rings. The molecule has 2 aromatic rings. The summed E-state index contributed by atoms with van der Waals surface area (Å²) in [7, 11) is 1.85. The van der Waals surface area contributed by atoms with Gasteiger partial charge in [-0.1, -0.05) is 47.5 Å².